The van der Waals surface area contributed by atoms with Crippen LogP contribution in [-0.2, 0) is 18.4 Å². The molecule has 0 aliphatic heterocycles. The number of unbranched alkanes of at least 4 members (excludes halogenated alkanes) is 10. The van der Waals surface area contributed by atoms with E-state index in [9.17, 15) is 24.5 Å². The molecule has 0 heterocycles. The first-order valence-electron chi connectivity index (χ1n) is 10.4. The average Bonchev–Trinajstić information content (AvgIpc) is 2.63. The molecule has 0 spiro atoms. The Morgan fingerprint density at radius 1 is 0.889 bits per heavy atom. The Labute approximate surface area is 164 Å². The van der Waals surface area contributed by atoms with Crippen molar-refractivity contribution in [3.8, 4) is 0 Å². The summed E-state index contributed by atoms with van der Waals surface area (Å²) in [6.45, 7) is 3.19. The zero-order valence-electron chi connectivity index (χ0n) is 17.0. The van der Waals surface area contributed by atoms with E-state index in [0.29, 0.717) is 19.3 Å². The summed E-state index contributed by atoms with van der Waals surface area (Å²) in [5.41, 5.74) is -2.17. The second-order valence-corrected chi connectivity index (χ2v) is 8.53. The third-order valence-corrected chi connectivity index (χ3v) is 5.44. The van der Waals surface area contributed by atoms with E-state index in [1.165, 1.54) is 38.5 Å². The second-order valence-electron chi connectivity index (χ2n) is 7.16. The topological polar surface area (TPSA) is 113 Å². The molecule has 0 fully saturated rings. The van der Waals surface area contributed by atoms with Gasteiger partial charge >= 0.3 is 13.8 Å². The van der Waals surface area contributed by atoms with Crippen LogP contribution in [0.2, 0.25) is 0 Å². The minimum atomic E-state index is -4.59. The fraction of sp³-hybridized carbons (Fsp3) is 0.947. The van der Waals surface area contributed by atoms with E-state index in [-0.39, 0.29) is 13.0 Å². The first-order valence-corrected chi connectivity index (χ1v) is 11.9. The summed E-state index contributed by atoms with van der Waals surface area (Å²) in [6, 6.07) is 0. The minimum absolute atomic E-state index is 0.00404. The van der Waals surface area contributed by atoms with Crippen molar-refractivity contribution in [3.05, 3.63) is 0 Å². The molecule has 0 radical (unpaired) electrons. The van der Waals surface area contributed by atoms with Gasteiger partial charge in [0.25, 0.3) is 0 Å². The van der Waals surface area contributed by atoms with Crippen LogP contribution in [0.15, 0.2) is 0 Å². The molecule has 0 bridgehead atoms. The maximum absolute atomic E-state index is 11.9. The van der Waals surface area contributed by atoms with Crippen LogP contribution in [0.3, 0.4) is 0 Å². The van der Waals surface area contributed by atoms with E-state index in [4.69, 9.17) is 4.52 Å². The summed E-state index contributed by atoms with van der Waals surface area (Å²) in [5.74, 6) is -1.33. The molecule has 8 heteroatoms. The largest absolute Gasteiger partial charge is 0.529 e. The average molecular weight is 410 g/mol. The van der Waals surface area contributed by atoms with E-state index in [1.807, 2.05) is 6.92 Å². The number of hydrogen-bond donors (Lipinski definition) is 3. The molecule has 0 rings (SSSR count). The molecule has 0 aromatic heterocycles. The number of aliphatic hydroxyl groups excluding tert-OH is 1. The highest BCUT2D eigenvalue weighted by Crippen LogP contribution is 2.44. The van der Waals surface area contributed by atoms with E-state index in [1.54, 1.807) is 0 Å². The fourth-order valence-corrected chi connectivity index (χ4v) is 3.49. The van der Waals surface area contributed by atoms with Crippen molar-refractivity contribution in [2.24, 2.45) is 0 Å². The monoisotopic (exact) mass is 410 g/mol. The highest BCUT2D eigenvalue weighted by molar-refractivity contribution is 7.48. The Bertz CT molecular complexity index is 430. The first kappa shape index (κ1) is 26.5. The van der Waals surface area contributed by atoms with Crippen molar-refractivity contribution in [1.82, 2.24) is 0 Å². The number of phosphoric ester groups is 1. The summed E-state index contributed by atoms with van der Waals surface area (Å²) in [7, 11) is -4.59. The first-order chi connectivity index (χ1) is 12.8. The van der Waals surface area contributed by atoms with Crippen LogP contribution in [0.5, 0.6) is 0 Å². The predicted octanol–water partition coefficient (Wildman–Crippen LogP) is 4.48. The lowest BCUT2D eigenvalue weighted by Crippen LogP contribution is -2.43. The van der Waals surface area contributed by atoms with Crippen LogP contribution in [-0.4, -0.2) is 39.9 Å². The second kappa shape index (κ2) is 15.5. The molecule has 0 aliphatic carbocycles. The van der Waals surface area contributed by atoms with Crippen LogP contribution in [0.1, 0.15) is 97.3 Å². The molecule has 0 saturated carbocycles. The summed E-state index contributed by atoms with van der Waals surface area (Å²) >= 11 is 0. The van der Waals surface area contributed by atoms with E-state index in [0.717, 1.165) is 19.3 Å². The summed E-state index contributed by atoms with van der Waals surface area (Å²) in [5, 5.41) is 19.2. The van der Waals surface area contributed by atoms with E-state index >= 15 is 0 Å². The number of carbonyl (C=O) groups excluding carboxylic acids is 1. The van der Waals surface area contributed by atoms with Gasteiger partial charge in [-0.3, -0.25) is 9.42 Å². The molecule has 2 atom stereocenters. The van der Waals surface area contributed by atoms with Gasteiger partial charge in [-0.25, -0.2) is 9.36 Å². The van der Waals surface area contributed by atoms with Crippen molar-refractivity contribution >= 4 is 13.8 Å². The lowest BCUT2D eigenvalue weighted by Gasteiger charge is -2.24. The maximum atomic E-state index is 11.9. The van der Waals surface area contributed by atoms with Gasteiger partial charge in [-0.05, 0) is 12.8 Å². The smallest absolute Gasteiger partial charge is 0.393 e. The minimum Gasteiger partial charge on any atom is -0.393 e. The zero-order valence-corrected chi connectivity index (χ0v) is 17.9. The number of phosphoric acid groups is 1. The molecule has 7 nitrogen and oxygen atoms in total. The van der Waals surface area contributed by atoms with Crippen LogP contribution < -0.4 is 0 Å². The number of carbonyl (C=O) groups is 1. The van der Waals surface area contributed by atoms with Crippen LogP contribution >= 0.6 is 7.82 Å². The molecule has 27 heavy (non-hydrogen) atoms. The van der Waals surface area contributed by atoms with Crippen molar-refractivity contribution in [3.63, 3.8) is 0 Å². The molecule has 0 amide bonds. The molecule has 3 N–H and O–H groups in total. The van der Waals surface area contributed by atoms with Crippen LogP contribution in [0.4, 0.5) is 0 Å². The molecular formula is C19H39O7P. The van der Waals surface area contributed by atoms with E-state index < -0.39 is 26.0 Å². The number of aliphatic hydroxyl groups is 2. The standard InChI is InChI=1S/C19H39O7P/c1-3-5-7-8-9-10-11-12-13-14-16-25-27(23,24)26-18(21)19(22,17-20)15-6-4-2/h20,22H,3-17H2,1-2H3,(H,23,24). The third kappa shape index (κ3) is 13.4. The Kier molecular flexibility index (Phi) is 15.2. The van der Waals surface area contributed by atoms with Gasteiger partial charge in [0.1, 0.15) is 0 Å². The van der Waals surface area contributed by atoms with Crippen molar-refractivity contribution < 1.29 is 33.5 Å². The van der Waals surface area contributed by atoms with Crippen molar-refractivity contribution in [1.29, 1.82) is 0 Å². The molecular weight excluding hydrogens is 371 g/mol. The van der Waals surface area contributed by atoms with Gasteiger partial charge in [-0.15, -0.1) is 0 Å². The van der Waals surface area contributed by atoms with E-state index in [2.05, 4.69) is 11.4 Å². The highest BCUT2D eigenvalue weighted by atomic mass is 31.2. The lowest BCUT2D eigenvalue weighted by molar-refractivity contribution is -0.162. The van der Waals surface area contributed by atoms with Gasteiger partial charge in [0.15, 0.2) is 5.60 Å². The lowest BCUT2D eigenvalue weighted by atomic mass is 9.98. The molecule has 0 aromatic rings. The van der Waals surface area contributed by atoms with Gasteiger partial charge in [0.2, 0.25) is 0 Å². The molecule has 0 aliphatic rings. The SMILES string of the molecule is CCCCCCCCCCCCOP(=O)(O)OC(=O)C(O)(CO)CCCC. The number of rotatable bonds is 18. The van der Waals surface area contributed by atoms with Gasteiger partial charge in [0, 0.05) is 0 Å². The summed E-state index contributed by atoms with van der Waals surface area (Å²) in [4.78, 5) is 21.5. The molecule has 0 saturated heterocycles. The molecule has 0 aromatic carbocycles. The summed E-state index contributed by atoms with van der Waals surface area (Å²) < 4.78 is 21.0. The van der Waals surface area contributed by atoms with Gasteiger partial charge < -0.3 is 14.7 Å². The zero-order chi connectivity index (χ0) is 20.6. The highest BCUT2D eigenvalue weighted by Gasteiger charge is 2.41. The predicted molar refractivity (Wildman–Crippen MR) is 105 cm³/mol. The fourth-order valence-electron chi connectivity index (χ4n) is 2.70. The summed E-state index contributed by atoms with van der Waals surface area (Å²) in [6.07, 6.45) is 12.4. The molecule has 2 unspecified atom stereocenters. The van der Waals surface area contributed by atoms with Crippen LogP contribution in [0.25, 0.3) is 0 Å². The molecule has 162 valence electrons. The Morgan fingerprint density at radius 2 is 1.37 bits per heavy atom. The van der Waals surface area contributed by atoms with Gasteiger partial charge in [-0.1, -0.05) is 84.5 Å². The normalized spacial score (nSPS) is 15.9. The quantitative estimate of drug-likeness (QED) is 0.225. The van der Waals surface area contributed by atoms with Crippen molar-refractivity contribution in [2.75, 3.05) is 13.2 Å². The third-order valence-electron chi connectivity index (χ3n) is 4.54. The maximum Gasteiger partial charge on any atom is 0.529 e. The Balaban J connectivity index is 3.90. The van der Waals surface area contributed by atoms with Crippen molar-refractivity contribution in [2.45, 2.75) is 103 Å². The van der Waals surface area contributed by atoms with Gasteiger partial charge in [-0.2, -0.15) is 0 Å². The van der Waals surface area contributed by atoms with Gasteiger partial charge in [0.05, 0.1) is 13.2 Å². The Morgan fingerprint density at radius 3 is 1.85 bits per heavy atom. The Hall–Kier alpha value is -0.460. The number of hydrogen-bond acceptors (Lipinski definition) is 6. The van der Waals surface area contributed by atoms with Crippen LogP contribution in [0, 0.1) is 0 Å².